The van der Waals surface area contributed by atoms with Crippen LogP contribution in [0.4, 0.5) is 5.13 Å². The van der Waals surface area contributed by atoms with Crippen molar-refractivity contribution in [2.24, 2.45) is 0 Å². The van der Waals surface area contributed by atoms with Crippen molar-refractivity contribution in [3.8, 4) is 0 Å². The summed E-state index contributed by atoms with van der Waals surface area (Å²) in [5.41, 5.74) is -0.284. The highest BCUT2D eigenvalue weighted by molar-refractivity contribution is 7.13. The second kappa shape index (κ2) is 5.49. The lowest BCUT2D eigenvalue weighted by atomic mass is 9.90. The molecular formula is C12H20N2O2S. The van der Waals surface area contributed by atoms with Crippen LogP contribution in [0.1, 0.15) is 39.3 Å². The number of rotatable bonds is 6. The normalized spacial score (nSPS) is 11.5. The molecule has 0 fully saturated rings. The van der Waals surface area contributed by atoms with Gasteiger partial charge in [0.25, 0.3) is 0 Å². The van der Waals surface area contributed by atoms with Gasteiger partial charge in [0.05, 0.1) is 5.69 Å². The van der Waals surface area contributed by atoms with E-state index in [0.29, 0.717) is 5.69 Å². The minimum absolute atomic E-state index is 0.633. The smallest absolute Gasteiger partial charge is 0.315 e. The van der Waals surface area contributed by atoms with Crippen LogP contribution in [0.3, 0.4) is 0 Å². The fraction of sp³-hybridized carbons (Fsp3) is 0.667. The number of thiazole rings is 1. The van der Waals surface area contributed by atoms with E-state index in [4.69, 9.17) is 5.11 Å². The van der Waals surface area contributed by atoms with Crippen LogP contribution < -0.4 is 4.90 Å². The third-order valence-corrected chi connectivity index (χ3v) is 3.80. The number of hydrogen-bond acceptors (Lipinski definition) is 4. The molecule has 1 N–H and O–H groups in total. The summed E-state index contributed by atoms with van der Waals surface area (Å²) in [7, 11) is 1.99. The third kappa shape index (κ3) is 3.19. The predicted octanol–water partition coefficient (Wildman–Crippen LogP) is 2.74. The van der Waals surface area contributed by atoms with Crippen LogP contribution in [0.5, 0.6) is 0 Å². The van der Waals surface area contributed by atoms with Crippen LogP contribution in [0.25, 0.3) is 0 Å². The summed E-state index contributed by atoms with van der Waals surface area (Å²) < 4.78 is 0. The van der Waals surface area contributed by atoms with Crippen molar-refractivity contribution >= 4 is 22.4 Å². The minimum atomic E-state index is -0.916. The van der Waals surface area contributed by atoms with Gasteiger partial charge in [0, 0.05) is 19.0 Å². The van der Waals surface area contributed by atoms with Crippen molar-refractivity contribution < 1.29 is 9.90 Å². The molecule has 0 aromatic carbocycles. The molecule has 96 valence electrons. The highest BCUT2D eigenvalue weighted by Gasteiger charge is 2.32. The Hall–Kier alpha value is -1.10. The van der Waals surface area contributed by atoms with Crippen LogP contribution >= 0.6 is 11.3 Å². The minimum Gasteiger partial charge on any atom is -0.481 e. The molecule has 1 aromatic rings. The fourth-order valence-corrected chi connectivity index (χ4v) is 2.31. The molecule has 4 nitrogen and oxygen atoms in total. The van der Waals surface area contributed by atoms with E-state index in [1.165, 1.54) is 11.3 Å². The van der Waals surface area contributed by atoms with Gasteiger partial charge in [0.1, 0.15) is 5.41 Å². The second-order valence-corrected chi connectivity index (χ2v) is 5.56. The van der Waals surface area contributed by atoms with E-state index in [2.05, 4.69) is 16.8 Å². The summed E-state index contributed by atoms with van der Waals surface area (Å²) in [5.74, 6) is -0.842. The lowest BCUT2D eigenvalue weighted by Gasteiger charge is -2.17. The molecule has 1 rings (SSSR count). The van der Waals surface area contributed by atoms with Crippen molar-refractivity contribution in [1.82, 2.24) is 4.98 Å². The summed E-state index contributed by atoms with van der Waals surface area (Å²) in [4.78, 5) is 17.6. The van der Waals surface area contributed by atoms with Crippen molar-refractivity contribution in [1.29, 1.82) is 0 Å². The Labute approximate surface area is 106 Å². The monoisotopic (exact) mass is 256 g/mol. The van der Waals surface area contributed by atoms with Crippen molar-refractivity contribution in [3.63, 3.8) is 0 Å². The van der Waals surface area contributed by atoms with E-state index in [1.54, 1.807) is 13.8 Å². The molecule has 0 spiro atoms. The van der Waals surface area contributed by atoms with Gasteiger partial charge in [-0.15, -0.1) is 11.3 Å². The molecule has 5 heteroatoms. The number of carboxylic acids is 1. The van der Waals surface area contributed by atoms with Gasteiger partial charge < -0.3 is 10.0 Å². The van der Waals surface area contributed by atoms with Crippen LogP contribution in [-0.4, -0.2) is 29.7 Å². The average Bonchev–Trinajstić information content (AvgIpc) is 2.75. The van der Waals surface area contributed by atoms with E-state index < -0.39 is 11.4 Å². The summed E-state index contributed by atoms with van der Waals surface area (Å²) in [6, 6.07) is 0. The molecular weight excluding hydrogens is 236 g/mol. The number of aliphatic carboxylic acids is 1. The summed E-state index contributed by atoms with van der Waals surface area (Å²) in [6.07, 6.45) is 2.26. The standard InChI is InChI=1S/C12H20N2O2S/c1-5-6-7-14(4)11-13-9(8-17-11)12(2,3)10(15)16/h8H,5-7H2,1-4H3,(H,15,16). The van der Waals surface area contributed by atoms with Crippen LogP contribution in [0.15, 0.2) is 5.38 Å². The van der Waals surface area contributed by atoms with Gasteiger partial charge in [-0.05, 0) is 20.3 Å². The summed E-state index contributed by atoms with van der Waals surface area (Å²) >= 11 is 1.50. The van der Waals surface area contributed by atoms with Crippen LogP contribution in [0.2, 0.25) is 0 Å². The lowest BCUT2D eigenvalue weighted by Crippen LogP contribution is -2.29. The first-order valence-electron chi connectivity index (χ1n) is 5.80. The zero-order valence-electron chi connectivity index (χ0n) is 10.9. The van der Waals surface area contributed by atoms with E-state index in [9.17, 15) is 4.79 Å². The number of aromatic nitrogens is 1. The van der Waals surface area contributed by atoms with E-state index in [1.807, 2.05) is 12.4 Å². The Balaban J connectivity index is 2.81. The van der Waals surface area contributed by atoms with Gasteiger partial charge in [-0.1, -0.05) is 13.3 Å². The molecule has 1 aromatic heterocycles. The van der Waals surface area contributed by atoms with Gasteiger partial charge in [0.2, 0.25) is 0 Å². The molecule has 0 atom stereocenters. The Morgan fingerprint density at radius 3 is 2.76 bits per heavy atom. The first kappa shape index (κ1) is 14.0. The zero-order chi connectivity index (χ0) is 13.1. The second-order valence-electron chi connectivity index (χ2n) is 4.72. The van der Waals surface area contributed by atoms with E-state index in [0.717, 1.165) is 24.5 Å². The third-order valence-electron chi connectivity index (χ3n) is 2.84. The van der Waals surface area contributed by atoms with Gasteiger partial charge in [-0.2, -0.15) is 0 Å². The summed E-state index contributed by atoms with van der Waals surface area (Å²) in [6.45, 7) is 6.46. The average molecular weight is 256 g/mol. The number of hydrogen-bond donors (Lipinski definition) is 1. The first-order valence-corrected chi connectivity index (χ1v) is 6.68. The number of anilines is 1. The molecule has 0 bridgehead atoms. The van der Waals surface area contributed by atoms with Crippen LogP contribution in [0, 0.1) is 0 Å². The lowest BCUT2D eigenvalue weighted by molar-refractivity contribution is -0.142. The highest BCUT2D eigenvalue weighted by Crippen LogP contribution is 2.28. The maximum atomic E-state index is 11.1. The molecule has 0 radical (unpaired) electrons. The van der Waals surface area contributed by atoms with Crippen molar-refractivity contribution in [3.05, 3.63) is 11.1 Å². The van der Waals surface area contributed by atoms with Gasteiger partial charge in [-0.3, -0.25) is 4.79 Å². The zero-order valence-corrected chi connectivity index (χ0v) is 11.7. The Bertz CT molecular complexity index is 388. The predicted molar refractivity (Wildman–Crippen MR) is 71.0 cm³/mol. The summed E-state index contributed by atoms with van der Waals surface area (Å²) in [5, 5.41) is 11.9. The molecule has 0 saturated carbocycles. The molecule has 0 saturated heterocycles. The number of carboxylic acid groups (broad SMARTS) is 1. The highest BCUT2D eigenvalue weighted by atomic mass is 32.1. The fourth-order valence-electron chi connectivity index (χ4n) is 1.33. The number of carbonyl (C=O) groups is 1. The molecule has 1 heterocycles. The first-order chi connectivity index (χ1) is 7.89. The number of nitrogens with zero attached hydrogens (tertiary/aromatic N) is 2. The van der Waals surface area contributed by atoms with E-state index >= 15 is 0 Å². The van der Waals surface area contributed by atoms with Crippen LogP contribution in [-0.2, 0) is 10.2 Å². The molecule has 0 aliphatic heterocycles. The quantitative estimate of drug-likeness (QED) is 0.850. The Morgan fingerprint density at radius 1 is 1.59 bits per heavy atom. The van der Waals surface area contributed by atoms with Crippen molar-refractivity contribution in [2.75, 3.05) is 18.5 Å². The molecule has 0 aliphatic carbocycles. The van der Waals surface area contributed by atoms with Crippen molar-refractivity contribution in [2.45, 2.75) is 39.0 Å². The molecule has 0 amide bonds. The Kier molecular flexibility index (Phi) is 4.51. The van der Waals surface area contributed by atoms with E-state index in [-0.39, 0.29) is 0 Å². The van der Waals surface area contributed by atoms with Gasteiger partial charge >= 0.3 is 5.97 Å². The molecule has 0 aliphatic rings. The molecule has 17 heavy (non-hydrogen) atoms. The Morgan fingerprint density at radius 2 is 2.24 bits per heavy atom. The maximum Gasteiger partial charge on any atom is 0.315 e. The van der Waals surface area contributed by atoms with Gasteiger partial charge in [0.15, 0.2) is 5.13 Å². The topological polar surface area (TPSA) is 53.4 Å². The van der Waals surface area contributed by atoms with Gasteiger partial charge in [-0.25, -0.2) is 4.98 Å². The molecule has 0 unspecified atom stereocenters. The SMILES string of the molecule is CCCCN(C)c1nc(C(C)(C)C(=O)O)cs1. The maximum absolute atomic E-state index is 11.1. The largest absolute Gasteiger partial charge is 0.481 e. The number of unbranched alkanes of at least 4 members (excludes halogenated alkanes) is 1.